The van der Waals surface area contributed by atoms with Crippen molar-refractivity contribution in [2.75, 3.05) is 25.6 Å². The quantitative estimate of drug-likeness (QED) is 0.787. The monoisotopic (exact) mass is 233 g/mol. The highest BCUT2D eigenvalue weighted by molar-refractivity contribution is 5.78. The average Bonchev–Trinajstić information content (AvgIpc) is 2.73. The molecular formula is C12H15N3O2. The SMILES string of the molecule is Nc1ccc2ncn(C[C@H]3COCCO3)c2c1. The van der Waals surface area contributed by atoms with Gasteiger partial charge in [-0.15, -0.1) is 0 Å². The summed E-state index contributed by atoms with van der Waals surface area (Å²) in [6, 6.07) is 5.73. The Morgan fingerprint density at radius 2 is 2.35 bits per heavy atom. The van der Waals surface area contributed by atoms with Crippen molar-refractivity contribution in [3.63, 3.8) is 0 Å². The van der Waals surface area contributed by atoms with Gasteiger partial charge in [0.05, 0.1) is 49.8 Å². The van der Waals surface area contributed by atoms with E-state index in [1.165, 1.54) is 0 Å². The Morgan fingerprint density at radius 1 is 1.41 bits per heavy atom. The summed E-state index contributed by atoms with van der Waals surface area (Å²) in [5, 5.41) is 0. The maximum atomic E-state index is 5.79. The fourth-order valence-corrected chi connectivity index (χ4v) is 2.08. The van der Waals surface area contributed by atoms with Crippen LogP contribution in [0.15, 0.2) is 24.5 Å². The molecule has 5 nitrogen and oxygen atoms in total. The third-order valence-corrected chi connectivity index (χ3v) is 2.93. The Morgan fingerprint density at radius 3 is 3.18 bits per heavy atom. The van der Waals surface area contributed by atoms with Gasteiger partial charge in [-0.2, -0.15) is 0 Å². The van der Waals surface area contributed by atoms with Gasteiger partial charge in [0.2, 0.25) is 0 Å². The molecule has 1 aromatic carbocycles. The number of hydrogen-bond donors (Lipinski definition) is 1. The third-order valence-electron chi connectivity index (χ3n) is 2.93. The molecule has 0 aliphatic carbocycles. The molecule has 0 amide bonds. The number of benzene rings is 1. The van der Waals surface area contributed by atoms with Gasteiger partial charge in [-0.05, 0) is 18.2 Å². The largest absolute Gasteiger partial charge is 0.399 e. The molecule has 1 aliphatic heterocycles. The number of nitrogens with two attached hydrogens (primary N) is 1. The van der Waals surface area contributed by atoms with Gasteiger partial charge in [0.25, 0.3) is 0 Å². The summed E-state index contributed by atoms with van der Waals surface area (Å²) in [6.07, 6.45) is 1.92. The fourth-order valence-electron chi connectivity index (χ4n) is 2.08. The van der Waals surface area contributed by atoms with Gasteiger partial charge in [-0.3, -0.25) is 0 Å². The van der Waals surface area contributed by atoms with E-state index in [-0.39, 0.29) is 6.10 Å². The van der Waals surface area contributed by atoms with Crippen LogP contribution >= 0.6 is 0 Å². The second-order valence-corrected chi connectivity index (χ2v) is 4.21. The zero-order valence-electron chi connectivity index (χ0n) is 9.50. The summed E-state index contributed by atoms with van der Waals surface area (Å²) < 4.78 is 13.1. The number of aromatic nitrogens is 2. The van der Waals surface area contributed by atoms with Crippen LogP contribution in [0.5, 0.6) is 0 Å². The van der Waals surface area contributed by atoms with Gasteiger partial charge in [0, 0.05) is 5.69 Å². The van der Waals surface area contributed by atoms with Crippen molar-refractivity contribution in [1.29, 1.82) is 0 Å². The lowest BCUT2D eigenvalue weighted by Gasteiger charge is -2.23. The summed E-state index contributed by atoms with van der Waals surface area (Å²) in [4.78, 5) is 4.34. The van der Waals surface area contributed by atoms with Crippen LogP contribution in [0.1, 0.15) is 0 Å². The minimum atomic E-state index is 0.0996. The van der Waals surface area contributed by atoms with E-state index in [9.17, 15) is 0 Å². The highest BCUT2D eigenvalue weighted by atomic mass is 16.6. The molecule has 0 bridgehead atoms. The number of ether oxygens (including phenoxy) is 2. The van der Waals surface area contributed by atoms with Gasteiger partial charge in [-0.1, -0.05) is 0 Å². The van der Waals surface area contributed by atoms with Crippen molar-refractivity contribution in [3.8, 4) is 0 Å². The molecule has 1 atom stereocenters. The third kappa shape index (κ3) is 2.11. The van der Waals surface area contributed by atoms with E-state index >= 15 is 0 Å². The molecule has 0 saturated carbocycles. The average molecular weight is 233 g/mol. The van der Waals surface area contributed by atoms with Crippen molar-refractivity contribution >= 4 is 16.7 Å². The Kier molecular flexibility index (Phi) is 2.70. The summed E-state index contributed by atoms with van der Waals surface area (Å²) in [5.74, 6) is 0. The van der Waals surface area contributed by atoms with Gasteiger partial charge in [-0.25, -0.2) is 4.98 Å². The lowest BCUT2D eigenvalue weighted by molar-refractivity contribution is -0.0932. The maximum Gasteiger partial charge on any atom is 0.0988 e. The number of rotatable bonds is 2. The number of nitrogen functional groups attached to an aromatic ring is 1. The van der Waals surface area contributed by atoms with E-state index < -0.39 is 0 Å². The summed E-state index contributed by atoms with van der Waals surface area (Å²) in [6.45, 7) is 2.75. The number of hydrogen-bond acceptors (Lipinski definition) is 4. The van der Waals surface area contributed by atoms with Crippen molar-refractivity contribution in [2.45, 2.75) is 12.6 Å². The number of anilines is 1. The molecule has 0 unspecified atom stereocenters. The molecule has 0 spiro atoms. The van der Waals surface area contributed by atoms with Gasteiger partial charge >= 0.3 is 0 Å². The molecule has 0 radical (unpaired) electrons. The number of nitrogens with zero attached hydrogens (tertiary/aromatic N) is 2. The van der Waals surface area contributed by atoms with Crippen molar-refractivity contribution in [3.05, 3.63) is 24.5 Å². The summed E-state index contributed by atoms with van der Waals surface area (Å²) in [5.41, 5.74) is 8.53. The van der Waals surface area contributed by atoms with Gasteiger partial charge in [0.15, 0.2) is 0 Å². The second-order valence-electron chi connectivity index (χ2n) is 4.21. The predicted octanol–water partition coefficient (Wildman–Crippen LogP) is 1.03. The molecule has 2 heterocycles. The Labute approximate surface area is 99.1 Å². The van der Waals surface area contributed by atoms with Crippen molar-refractivity contribution in [2.24, 2.45) is 0 Å². The zero-order chi connectivity index (χ0) is 11.7. The molecule has 2 aromatic rings. The lowest BCUT2D eigenvalue weighted by Crippen LogP contribution is -2.32. The first-order valence-electron chi connectivity index (χ1n) is 5.72. The first-order valence-corrected chi connectivity index (χ1v) is 5.72. The number of imidazole rings is 1. The van der Waals surface area contributed by atoms with Crippen LogP contribution in [0.25, 0.3) is 11.0 Å². The lowest BCUT2D eigenvalue weighted by atomic mass is 10.2. The Bertz CT molecular complexity index is 517. The maximum absolute atomic E-state index is 5.79. The topological polar surface area (TPSA) is 62.3 Å². The second kappa shape index (κ2) is 4.35. The van der Waals surface area contributed by atoms with Crippen LogP contribution in [0.4, 0.5) is 5.69 Å². The molecule has 5 heteroatoms. The van der Waals surface area contributed by atoms with E-state index in [0.29, 0.717) is 19.8 Å². The molecule has 3 rings (SSSR count). The van der Waals surface area contributed by atoms with E-state index in [1.54, 1.807) is 0 Å². The summed E-state index contributed by atoms with van der Waals surface area (Å²) >= 11 is 0. The standard InChI is InChI=1S/C12H15N3O2/c13-9-1-2-11-12(5-9)15(8-14-11)6-10-7-16-3-4-17-10/h1-2,5,8,10H,3-4,6-7,13H2/t10-/m0/s1. The molecular weight excluding hydrogens is 218 g/mol. The molecule has 1 aliphatic rings. The van der Waals surface area contributed by atoms with Crippen LogP contribution < -0.4 is 5.73 Å². The first kappa shape index (κ1) is 10.6. The van der Waals surface area contributed by atoms with E-state index in [1.807, 2.05) is 24.5 Å². The fraction of sp³-hybridized carbons (Fsp3) is 0.417. The van der Waals surface area contributed by atoms with Crippen molar-refractivity contribution in [1.82, 2.24) is 9.55 Å². The summed E-state index contributed by atoms with van der Waals surface area (Å²) in [7, 11) is 0. The van der Waals surface area contributed by atoms with Crippen LogP contribution in [-0.2, 0) is 16.0 Å². The molecule has 1 aromatic heterocycles. The van der Waals surface area contributed by atoms with Crippen LogP contribution in [0.2, 0.25) is 0 Å². The van der Waals surface area contributed by atoms with Crippen LogP contribution in [-0.4, -0.2) is 35.5 Å². The predicted molar refractivity (Wildman–Crippen MR) is 64.7 cm³/mol. The Hall–Kier alpha value is -1.59. The van der Waals surface area contributed by atoms with Crippen LogP contribution in [0, 0.1) is 0 Å². The molecule has 1 fully saturated rings. The smallest absolute Gasteiger partial charge is 0.0988 e. The number of fused-ring (bicyclic) bond motifs is 1. The van der Waals surface area contributed by atoms with E-state index in [2.05, 4.69) is 9.55 Å². The van der Waals surface area contributed by atoms with Crippen LogP contribution in [0.3, 0.4) is 0 Å². The first-order chi connectivity index (χ1) is 8.33. The molecule has 17 heavy (non-hydrogen) atoms. The Balaban J connectivity index is 1.86. The van der Waals surface area contributed by atoms with Gasteiger partial charge in [0.1, 0.15) is 0 Å². The highest BCUT2D eigenvalue weighted by Crippen LogP contribution is 2.17. The van der Waals surface area contributed by atoms with Gasteiger partial charge < -0.3 is 19.8 Å². The van der Waals surface area contributed by atoms with E-state index in [4.69, 9.17) is 15.2 Å². The van der Waals surface area contributed by atoms with Crippen molar-refractivity contribution < 1.29 is 9.47 Å². The van der Waals surface area contributed by atoms with E-state index in [0.717, 1.165) is 23.3 Å². The normalized spacial score (nSPS) is 20.8. The highest BCUT2D eigenvalue weighted by Gasteiger charge is 2.16. The molecule has 90 valence electrons. The minimum absolute atomic E-state index is 0.0996. The molecule has 2 N–H and O–H groups in total. The zero-order valence-corrected chi connectivity index (χ0v) is 9.50. The molecule has 1 saturated heterocycles. The minimum Gasteiger partial charge on any atom is -0.399 e.